The van der Waals surface area contributed by atoms with E-state index in [-0.39, 0.29) is 5.46 Å². The topological polar surface area (TPSA) is 49.7 Å². The molecule has 0 spiro atoms. The van der Waals surface area contributed by atoms with Crippen molar-refractivity contribution < 1.29 is 28.8 Å². The van der Waals surface area contributed by atoms with E-state index in [0.29, 0.717) is 6.07 Å². The number of benzene rings is 1. The maximum absolute atomic E-state index is 13.3. The van der Waals surface area contributed by atoms with E-state index in [1.165, 1.54) is 0 Å². The number of ether oxygens (including phenoxy) is 1. The summed E-state index contributed by atoms with van der Waals surface area (Å²) < 4.78 is 68.5. The summed E-state index contributed by atoms with van der Waals surface area (Å²) >= 11 is 0. The molecule has 0 heterocycles. The highest BCUT2D eigenvalue weighted by atomic mass is 19.1. The van der Waals surface area contributed by atoms with E-state index >= 15 is 0 Å². The fraction of sp³-hybridized carbons (Fsp3) is 0.333. The Hall–Kier alpha value is -1.07. The van der Waals surface area contributed by atoms with Crippen LogP contribution in [0.2, 0.25) is 0 Å². The Morgan fingerprint density at radius 1 is 1.50 bits per heavy atom. The van der Waals surface area contributed by atoms with E-state index < -0.39 is 38.5 Å². The second-order valence-electron chi connectivity index (χ2n) is 2.53. The standard InChI is InChI=1S/C9H12BFO3/c1-6(2)14-9-4-7(10(12)13)3-8(11)5-9/h3-6,12-13H,1-2H3/i1D3,2D3,6D. The van der Waals surface area contributed by atoms with Crippen LogP contribution in [0.25, 0.3) is 0 Å². The maximum atomic E-state index is 13.3. The van der Waals surface area contributed by atoms with Gasteiger partial charge >= 0.3 is 7.12 Å². The Morgan fingerprint density at radius 3 is 2.79 bits per heavy atom. The molecule has 14 heavy (non-hydrogen) atoms. The van der Waals surface area contributed by atoms with Crippen molar-refractivity contribution in [2.75, 3.05) is 0 Å². The summed E-state index contributed by atoms with van der Waals surface area (Å²) in [4.78, 5) is 0. The van der Waals surface area contributed by atoms with Gasteiger partial charge in [-0.1, -0.05) is 0 Å². The van der Waals surface area contributed by atoms with Gasteiger partial charge in [-0.3, -0.25) is 0 Å². The van der Waals surface area contributed by atoms with Gasteiger partial charge in [0.1, 0.15) is 11.6 Å². The van der Waals surface area contributed by atoms with E-state index in [4.69, 9.17) is 19.6 Å². The first-order valence-electron chi connectivity index (χ1n) is 7.13. The molecule has 0 aliphatic carbocycles. The van der Waals surface area contributed by atoms with Crippen molar-refractivity contribution in [2.45, 2.75) is 19.8 Å². The normalized spacial score (nSPS) is 20.4. The lowest BCUT2D eigenvalue weighted by atomic mass is 9.80. The molecule has 0 amide bonds. The third-order valence-corrected chi connectivity index (χ3v) is 1.41. The minimum atomic E-state index is -3.34. The molecule has 76 valence electrons. The minimum absolute atomic E-state index is 0.372. The first-order valence-corrected chi connectivity index (χ1v) is 3.63. The minimum Gasteiger partial charge on any atom is -0.491 e. The largest absolute Gasteiger partial charge is 0.491 e. The lowest BCUT2D eigenvalue weighted by molar-refractivity contribution is 0.241. The highest BCUT2D eigenvalue weighted by molar-refractivity contribution is 6.58. The number of hydrogen-bond acceptors (Lipinski definition) is 3. The van der Waals surface area contributed by atoms with Crippen LogP contribution in [0.3, 0.4) is 0 Å². The van der Waals surface area contributed by atoms with Crippen LogP contribution >= 0.6 is 0 Å². The molecule has 0 aromatic heterocycles. The fourth-order valence-corrected chi connectivity index (χ4v) is 0.910. The molecule has 0 saturated carbocycles. The van der Waals surface area contributed by atoms with Crippen LogP contribution in [0.4, 0.5) is 4.39 Å². The fourth-order valence-electron chi connectivity index (χ4n) is 0.910. The molecular formula is C9H12BFO3. The van der Waals surface area contributed by atoms with E-state index in [1.807, 2.05) is 0 Å². The first-order chi connectivity index (χ1) is 9.28. The van der Waals surface area contributed by atoms with Crippen molar-refractivity contribution in [1.29, 1.82) is 0 Å². The zero-order valence-corrected chi connectivity index (χ0v) is 6.99. The SMILES string of the molecule is [2H]C([2H])([2H])C([2H])(Oc1cc(F)cc(B(O)O)c1)C([2H])([2H])[2H]. The van der Waals surface area contributed by atoms with E-state index in [0.717, 1.165) is 12.1 Å². The van der Waals surface area contributed by atoms with Crippen molar-refractivity contribution >= 4 is 12.6 Å². The lowest BCUT2D eigenvalue weighted by Gasteiger charge is -2.11. The molecule has 0 atom stereocenters. The molecule has 0 bridgehead atoms. The molecule has 0 radical (unpaired) electrons. The molecule has 2 N–H and O–H groups in total. The van der Waals surface area contributed by atoms with Gasteiger partial charge in [0, 0.05) is 14.3 Å². The van der Waals surface area contributed by atoms with Crippen molar-refractivity contribution in [1.82, 2.24) is 0 Å². The summed E-state index contributed by atoms with van der Waals surface area (Å²) in [6, 6.07) is 2.23. The van der Waals surface area contributed by atoms with Crippen LogP contribution in [0.15, 0.2) is 18.2 Å². The van der Waals surface area contributed by atoms with Crippen LogP contribution < -0.4 is 10.2 Å². The van der Waals surface area contributed by atoms with E-state index in [2.05, 4.69) is 4.74 Å². The summed E-state index contributed by atoms with van der Waals surface area (Å²) in [6.45, 7) is -6.69. The van der Waals surface area contributed by atoms with E-state index in [1.54, 1.807) is 0 Å². The molecule has 0 aliphatic heterocycles. The molecule has 0 aliphatic rings. The van der Waals surface area contributed by atoms with Crippen LogP contribution in [0, 0.1) is 5.82 Å². The quantitative estimate of drug-likeness (QED) is 0.697. The molecule has 5 heteroatoms. The third-order valence-electron chi connectivity index (χ3n) is 1.41. The Kier molecular flexibility index (Phi) is 1.47. The smallest absolute Gasteiger partial charge is 0.488 e. The Labute approximate surface area is 92.1 Å². The van der Waals surface area contributed by atoms with E-state index in [9.17, 15) is 4.39 Å². The predicted octanol–water partition coefficient (Wildman–Crippen LogP) is 0.293. The second kappa shape index (κ2) is 4.44. The van der Waals surface area contributed by atoms with Gasteiger partial charge in [-0.25, -0.2) is 4.39 Å². The van der Waals surface area contributed by atoms with Gasteiger partial charge in [-0.15, -0.1) is 0 Å². The van der Waals surface area contributed by atoms with Gasteiger partial charge in [-0.05, 0) is 31.3 Å². The summed E-state index contributed by atoms with van der Waals surface area (Å²) in [6.07, 6.45) is -3.33. The molecule has 0 fully saturated rings. The molecule has 1 aromatic rings. The molecular weight excluding hydrogens is 186 g/mol. The number of halogens is 1. The Balaban J connectivity index is 3.29. The zero-order valence-electron chi connectivity index (χ0n) is 14.0. The highest BCUT2D eigenvalue weighted by Gasteiger charge is 2.13. The Morgan fingerprint density at radius 2 is 2.21 bits per heavy atom. The second-order valence-corrected chi connectivity index (χ2v) is 2.53. The average Bonchev–Trinajstić information content (AvgIpc) is 2.24. The number of hydrogen-bond donors (Lipinski definition) is 2. The summed E-state index contributed by atoms with van der Waals surface area (Å²) in [5.74, 6) is -1.62. The summed E-state index contributed by atoms with van der Waals surface area (Å²) in [5, 5.41) is 17.9. The first kappa shape index (κ1) is 4.64. The van der Waals surface area contributed by atoms with Gasteiger partial charge in [0.05, 0.1) is 7.45 Å². The molecule has 1 aromatic carbocycles. The van der Waals surface area contributed by atoms with Crippen molar-refractivity contribution in [3.05, 3.63) is 24.0 Å². The van der Waals surface area contributed by atoms with Gasteiger partial charge in [0.2, 0.25) is 0 Å². The van der Waals surface area contributed by atoms with Crippen LogP contribution in [0.5, 0.6) is 5.75 Å². The van der Waals surface area contributed by atoms with Crippen molar-refractivity contribution in [2.24, 2.45) is 0 Å². The highest BCUT2D eigenvalue weighted by Crippen LogP contribution is 2.12. The van der Waals surface area contributed by atoms with Crippen molar-refractivity contribution in [3.8, 4) is 5.75 Å². The van der Waals surface area contributed by atoms with Gasteiger partial charge in [-0.2, -0.15) is 0 Å². The van der Waals surface area contributed by atoms with Crippen molar-refractivity contribution in [3.63, 3.8) is 0 Å². The molecule has 0 unspecified atom stereocenters. The molecule has 1 rings (SSSR count). The van der Waals surface area contributed by atoms with Gasteiger partial charge < -0.3 is 14.8 Å². The molecule has 3 nitrogen and oxygen atoms in total. The van der Waals surface area contributed by atoms with Crippen LogP contribution in [0.1, 0.15) is 23.3 Å². The van der Waals surface area contributed by atoms with Gasteiger partial charge in [0.15, 0.2) is 0 Å². The lowest BCUT2D eigenvalue weighted by Crippen LogP contribution is -2.30. The predicted molar refractivity (Wildman–Crippen MR) is 52.0 cm³/mol. The summed E-state index contributed by atoms with van der Waals surface area (Å²) in [5.41, 5.74) is -0.372. The van der Waals surface area contributed by atoms with Crippen LogP contribution in [-0.2, 0) is 0 Å². The summed E-state index contributed by atoms with van der Waals surface area (Å²) in [7, 11) is -2.07. The van der Waals surface area contributed by atoms with Gasteiger partial charge in [0.25, 0.3) is 0 Å². The zero-order chi connectivity index (χ0) is 16.6. The Bertz CT molecular complexity index is 503. The molecule has 0 saturated heterocycles. The van der Waals surface area contributed by atoms with Crippen LogP contribution in [-0.4, -0.2) is 23.2 Å². The monoisotopic (exact) mass is 205 g/mol. The maximum Gasteiger partial charge on any atom is 0.488 e. The third kappa shape index (κ3) is 3.01. The average molecular weight is 205 g/mol. The number of rotatable bonds is 3.